The molecule has 1 saturated heterocycles. The molecule has 118 valence electrons. The van der Waals surface area contributed by atoms with Gasteiger partial charge in [-0.05, 0) is 25.0 Å². The number of aromatic amines is 1. The summed E-state index contributed by atoms with van der Waals surface area (Å²) in [6.45, 7) is 1.38. The number of fused-ring (bicyclic) bond motifs is 1. The van der Waals surface area contributed by atoms with Gasteiger partial charge in [0.2, 0.25) is 0 Å². The number of amides is 1. The molecular weight excluding hydrogens is 296 g/mol. The van der Waals surface area contributed by atoms with E-state index in [1.54, 1.807) is 12.3 Å². The van der Waals surface area contributed by atoms with E-state index in [0.717, 1.165) is 25.2 Å². The molecule has 0 aromatic carbocycles. The maximum absolute atomic E-state index is 12.4. The lowest BCUT2D eigenvalue weighted by Gasteiger charge is -2.21. The first-order chi connectivity index (χ1) is 11.2. The van der Waals surface area contributed by atoms with Crippen molar-refractivity contribution in [1.29, 1.82) is 0 Å². The molecule has 0 saturated carbocycles. The van der Waals surface area contributed by atoms with Gasteiger partial charge >= 0.3 is 0 Å². The SMILES string of the molecule is O=C1CC(C2CCCOC2)=NN1c1cc(=O)[nH]c2ncccc12. The molecule has 0 spiro atoms. The number of rotatable bonds is 2. The Bertz CT molecular complexity index is 852. The van der Waals surface area contributed by atoms with Gasteiger partial charge in [0.05, 0.1) is 24.4 Å². The van der Waals surface area contributed by atoms with Crippen molar-refractivity contribution in [3.8, 4) is 0 Å². The lowest BCUT2D eigenvalue weighted by molar-refractivity contribution is -0.116. The van der Waals surface area contributed by atoms with Gasteiger partial charge in [-0.15, -0.1) is 0 Å². The highest BCUT2D eigenvalue weighted by Crippen LogP contribution is 2.29. The number of hydrogen-bond acceptors (Lipinski definition) is 5. The largest absolute Gasteiger partial charge is 0.381 e. The topological polar surface area (TPSA) is 87.6 Å². The normalized spacial score (nSPS) is 21.7. The number of nitrogens with one attached hydrogen (secondary N) is 1. The van der Waals surface area contributed by atoms with Crippen LogP contribution >= 0.6 is 0 Å². The Morgan fingerprint density at radius 3 is 3.09 bits per heavy atom. The average Bonchev–Trinajstić information content (AvgIpc) is 2.96. The molecule has 1 amide bonds. The molecule has 2 aliphatic heterocycles. The number of pyridine rings is 2. The first kappa shape index (κ1) is 14.1. The Morgan fingerprint density at radius 2 is 2.26 bits per heavy atom. The predicted octanol–water partition coefficient (Wildman–Crippen LogP) is 1.44. The van der Waals surface area contributed by atoms with Crippen molar-refractivity contribution < 1.29 is 9.53 Å². The van der Waals surface area contributed by atoms with Crippen LogP contribution in [0.2, 0.25) is 0 Å². The van der Waals surface area contributed by atoms with E-state index in [1.807, 2.05) is 6.07 Å². The maximum Gasteiger partial charge on any atom is 0.253 e. The van der Waals surface area contributed by atoms with Gasteiger partial charge in [-0.1, -0.05) is 0 Å². The summed E-state index contributed by atoms with van der Waals surface area (Å²) in [6.07, 6.45) is 3.85. The number of aromatic nitrogens is 2. The Kier molecular flexibility index (Phi) is 3.42. The molecule has 1 atom stereocenters. The molecular formula is C16H16N4O3. The number of ether oxygens (including phenoxy) is 1. The summed E-state index contributed by atoms with van der Waals surface area (Å²) in [5.74, 6) is 0.0606. The molecule has 2 aromatic heterocycles. The van der Waals surface area contributed by atoms with Gasteiger partial charge in [0, 0.05) is 30.2 Å². The summed E-state index contributed by atoms with van der Waals surface area (Å²) < 4.78 is 5.48. The predicted molar refractivity (Wildman–Crippen MR) is 85.4 cm³/mol. The molecule has 2 aliphatic rings. The molecule has 23 heavy (non-hydrogen) atoms. The molecule has 7 heteroatoms. The summed E-state index contributed by atoms with van der Waals surface area (Å²) in [7, 11) is 0. The van der Waals surface area contributed by atoms with Crippen LogP contribution in [-0.2, 0) is 9.53 Å². The summed E-state index contributed by atoms with van der Waals surface area (Å²) in [6, 6.07) is 4.98. The maximum atomic E-state index is 12.4. The number of anilines is 1. The highest BCUT2D eigenvalue weighted by atomic mass is 16.5. The van der Waals surface area contributed by atoms with Crippen molar-refractivity contribution in [2.45, 2.75) is 19.3 Å². The lowest BCUT2D eigenvalue weighted by Crippen LogP contribution is -2.24. The summed E-state index contributed by atoms with van der Waals surface area (Å²) in [5.41, 5.74) is 1.47. The van der Waals surface area contributed by atoms with Crippen molar-refractivity contribution in [3.63, 3.8) is 0 Å². The Morgan fingerprint density at radius 1 is 1.35 bits per heavy atom. The minimum absolute atomic E-state index is 0.124. The van der Waals surface area contributed by atoms with Gasteiger partial charge in [0.15, 0.2) is 0 Å². The first-order valence-corrected chi connectivity index (χ1v) is 7.68. The Hall–Kier alpha value is -2.54. The van der Waals surface area contributed by atoms with Crippen molar-refractivity contribution in [3.05, 3.63) is 34.7 Å². The third-order valence-electron chi connectivity index (χ3n) is 4.25. The zero-order chi connectivity index (χ0) is 15.8. The number of hydrazone groups is 1. The molecule has 0 aliphatic carbocycles. The van der Waals surface area contributed by atoms with E-state index in [-0.39, 0.29) is 23.8 Å². The van der Waals surface area contributed by atoms with Crippen LogP contribution in [0.25, 0.3) is 11.0 Å². The monoisotopic (exact) mass is 312 g/mol. The van der Waals surface area contributed by atoms with Crippen LogP contribution in [0, 0.1) is 5.92 Å². The van der Waals surface area contributed by atoms with Gasteiger partial charge in [-0.25, -0.2) is 4.98 Å². The highest BCUT2D eigenvalue weighted by Gasteiger charge is 2.32. The van der Waals surface area contributed by atoms with Crippen LogP contribution in [0.1, 0.15) is 19.3 Å². The van der Waals surface area contributed by atoms with Gasteiger partial charge in [-0.2, -0.15) is 10.1 Å². The van der Waals surface area contributed by atoms with Crippen molar-refractivity contribution in [2.24, 2.45) is 11.0 Å². The molecule has 0 bridgehead atoms. The quantitative estimate of drug-likeness (QED) is 0.909. The zero-order valence-corrected chi connectivity index (χ0v) is 12.5. The van der Waals surface area contributed by atoms with E-state index < -0.39 is 0 Å². The van der Waals surface area contributed by atoms with Gasteiger partial charge in [-0.3, -0.25) is 9.59 Å². The number of nitrogens with zero attached hydrogens (tertiary/aromatic N) is 3. The highest BCUT2D eigenvalue weighted by molar-refractivity contribution is 6.15. The van der Waals surface area contributed by atoms with E-state index in [4.69, 9.17) is 4.74 Å². The van der Waals surface area contributed by atoms with Gasteiger partial charge in [0.25, 0.3) is 11.5 Å². The van der Waals surface area contributed by atoms with Crippen LogP contribution in [0.15, 0.2) is 34.3 Å². The first-order valence-electron chi connectivity index (χ1n) is 7.68. The second-order valence-electron chi connectivity index (χ2n) is 5.81. The Labute approximate surface area is 132 Å². The van der Waals surface area contributed by atoms with Crippen LogP contribution in [-0.4, -0.2) is 34.8 Å². The molecule has 1 unspecified atom stereocenters. The molecule has 0 radical (unpaired) electrons. The molecule has 7 nitrogen and oxygen atoms in total. The fraction of sp³-hybridized carbons (Fsp3) is 0.375. The molecule has 2 aromatic rings. The molecule has 4 heterocycles. The third kappa shape index (κ3) is 2.53. The van der Waals surface area contributed by atoms with Crippen molar-refractivity contribution in [1.82, 2.24) is 9.97 Å². The molecule has 1 fully saturated rings. The van der Waals surface area contributed by atoms with Crippen LogP contribution in [0.4, 0.5) is 5.69 Å². The van der Waals surface area contributed by atoms with Crippen LogP contribution in [0.3, 0.4) is 0 Å². The minimum Gasteiger partial charge on any atom is -0.381 e. The third-order valence-corrected chi connectivity index (χ3v) is 4.25. The van der Waals surface area contributed by atoms with E-state index in [0.29, 0.717) is 23.3 Å². The average molecular weight is 312 g/mol. The van der Waals surface area contributed by atoms with Crippen molar-refractivity contribution in [2.75, 3.05) is 18.2 Å². The van der Waals surface area contributed by atoms with E-state index in [9.17, 15) is 9.59 Å². The van der Waals surface area contributed by atoms with E-state index in [2.05, 4.69) is 15.1 Å². The second kappa shape index (κ2) is 5.58. The number of carbonyl (C=O) groups is 1. The van der Waals surface area contributed by atoms with E-state index >= 15 is 0 Å². The smallest absolute Gasteiger partial charge is 0.253 e. The summed E-state index contributed by atoms with van der Waals surface area (Å²) in [4.78, 5) is 31.1. The summed E-state index contributed by atoms with van der Waals surface area (Å²) in [5, 5.41) is 6.53. The van der Waals surface area contributed by atoms with Crippen LogP contribution in [0.5, 0.6) is 0 Å². The number of hydrogen-bond donors (Lipinski definition) is 1. The van der Waals surface area contributed by atoms with Crippen molar-refractivity contribution >= 4 is 28.3 Å². The lowest BCUT2D eigenvalue weighted by atomic mass is 9.95. The van der Waals surface area contributed by atoms with Gasteiger partial charge in [0.1, 0.15) is 5.65 Å². The van der Waals surface area contributed by atoms with Crippen LogP contribution < -0.4 is 10.6 Å². The fourth-order valence-electron chi connectivity index (χ4n) is 3.11. The summed E-state index contributed by atoms with van der Waals surface area (Å²) >= 11 is 0. The second-order valence-corrected chi connectivity index (χ2v) is 5.81. The molecule has 1 N–H and O–H groups in total. The fourth-order valence-corrected chi connectivity index (χ4v) is 3.11. The Balaban J connectivity index is 1.76. The zero-order valence-electron chi connectivity index (χ0n) is 12.5. The standard InChI is InChI=1S/C16H16N4O3/c21-14-8-13(11-4-1-5-17-16(11)18-14)20-15(22)7-12(19-20)10-3-2-6-23-9-10/h1,4-5,8,10H,2-3,6-7,9H2,(H,17,18,21). The molecule has 4 rings (SSSR count). The number of H-pyrrole nitrogens is 1. The number of carbonyl (C=O) groups excluding carboxylic acids is 1. The van der Waals surface area contributed by atoms with Gasteiger partial charge < -0.3 is 9.72 Å². The minimum atomic E-state index is -0.302. The van der Waals surface area contributed by atoms with E-state index in [1.165, 1.54) is 11.1 Å².